The number of sulfonamides is 1. The maximum absolute atomic E-state index is 12.3. The largest absolute Gasteiger partial charge is 0.381 e. The molecule has 6 heteroatoms. The van der Waals surface area contributed by atoms with Gasteiger partial charge in [0.15, 0.2) is 0 Å². The van der Waals surface area contributed by atoms with Gasteiger partial charge in [0, 0.05) is 25.7 Å². The minimum absolute atomic E-state index is 0.165. The monoisotopic (exact) mass is 276 g/mol. The Kier molecular flexibility index (Phi) is 4.64. The third-order valence-electron chi connectivity index (χ3n) is 4.11. The van der Waals surface area contributed by atoms with Crippen LogP contribution in [0.5, 0.6) is 0 Å². The Morgan fingerprint density at radius 2 is 2.00 bits per heavy atom. The molecule has 0 aromatic rings. The summed E-state index contributed by atoms with van der Waals surface area (Å²) in [5, 5.41) is 0. The molecule has 0 aromatic carbocycles. The Bertz CT molecular complexity index is 356. The van der Waals surface area contributed by atoms with Crippen molar-refractivity contribution in [3.8, 4) is 0 Å². The quantitative estimate of drug-likeness (QED) is 0.807. The number of piperidine rings is 1. The second kappa shape index (κ2) is 5.86. The Labute approximate surface area is 110 Å². The number of nitrogens with zero attached hydrogens (tertiary/aromatic N) is 1. The number of hydrogen-bond acceptors (Lipinski definition) is 4. The van der Waals surface area contributed by atoms with Gasteiger partial charge in [-0.3, -0.25) is 0 Å². The topological polar surface area (TPSA) is 72.6 Å². The Morgan fingerprint density at radius 1 is 1.33 bits per heavy atom. The van der Waals surface area contributed by atoms with E-state index < -0.39 is 10.0 Å². The average Bonchev–Trinajstić information content (AvgIpc) is 2.81. The Balaban J connectivity index is 1.87. The summed E-state index contributed by atoms with van der Waals surface area (Å²) in [4.78, 5) is 0. The molecule has 18 heavy (non-hydrogen) atoms. The van der Waals surface area contributed by atoms with Crippen molar-refractivity contribution in [3.05, 3.63) is 0 Å². The van der Waals surface area contributed by atoms with Gasteiger partial charge in [-0.05, 0) is 38.0 Å². The van der Waals surface area contributed by atoms with Gasteiger partial charge in [0.2, 0.25) is 10.0 Å². The van der Waals surface area contributed by atoms with Crippen LogP contribution in [0.2, 0.25) is 0 Å². The molecule has 2 aliphatic rings. The van der Waals surface area contributed by atoms with Crippen molar-refractivity contribution < 1.29 is 13.2 Å². The van der Waals surface area contributed by atoms with Crippen molar-refractivity contribution >= 4 is 10.0 Å². The van der Waals surface area contributed by atoms with E-state index in [1.807, 2.05) is 6.92 Å². The van der Waals surface area contributed by atoms with Crippen LogP contribution in [0.3, 0.4) is 0 Å². The van der Waals surface area contributed by atoms with E-state index in [0.717, 1.165) is 19.3 Å². The van der Waals surface area contributed by atoms with Crippen molar-refractivity contribution in [3.63, 3.8) is 0 Å². The van der Waals surface area contributed by atoms with Gasteiger partial charge in [-0.1, -0.05) is 0 Å². The predicted molar refractivity (Wildman–Crippen MR) is 70.7 cm³/mol. The van der Waals surface area contributed by atoms with Crippen LogP contribution >= 0.6 is 0 Å². The van der Waals surface area contributed by atoms with Crippen LogP contribution in [-0.4, -0.2) is 50.8 Å². The van der Waals surface area contributed by atoms with Crippen molar-refractivity contribution in [2.45, 2.75) is 32.2 Å². The molecule has 0 amide bonds. The van der Waals surface area contributed by atoms with E-state index in [0.29, 0.717) is 32.2 Å². The molecule has 0 saturated carbocycles. The van der Waals surface area contributed by atoms with E-state index in [1.54, 1.807) is 4.31 Å². The summed E-state index contributed by atoms with van der Waals surface area (Å²) in [5.74, 6) is 0.892. The molecule has 0 aromatic heterocycles. The van der Waals surface area contributed by atoms with Crippen molar-refractivity contribution in [1.29, 1.82) is 0 Å². The SMILES string of the molecule is CC(N)C1CCN(S(=O)(=O)CC2CCOC2)CC1. The van der Waals surface area contributed by atoms with E-state index in [2.05, 4.69) is 0 Å². The summed E-state index contributed by atoms with van der Waals surface area (Å²) in [7, 11) is -3.10. The fraction of sp³-hybridized carbons (Fsp3) is 1.00. The van der Waals surface area contributed by atoms with Crippen LogP contribution < -0.4 is 5.73 Å². The molecular formula is C12H24N2O3S. The maximum atomic E-state index is 12.3. The van der Waals surface area contributed by atoms with Crippen molar-refractivity contribution in [1.82, 2.24) is 4.31 Å². The minimum Gasteiger partial charge on any atom is -0.381 e. The standard InChI is InChI=1S/C12H24N2O3S/c1-10(13)12-2-5-14(6-3-12)18(15,16)9-11-4-7-17-8-11/h10-12H,2-9,13H2,1H3. The molecule has 2 saturated heterocycles. The van der Waals surface area contributed by atoms with E-state index in [1.165, 1.54) is 0 Å². The molecule has 106 valence electrons. The molecule has 0 spiro atoms. The van der Waals surface area contributed by atoms with Gasteiger partial charge in [-0.15, -0.1) is 0 Å². The van der Waals surface area contributed by atoms with Crippen LogP contribution in [-0.2, 0) is 14.8 Å². The fourth-order valence-electron chi connectivity index (χ4n) is 2.80. The molecule has 2 aliphatic heterocycles. The average molecular weight is 276 g/mol. The zero-order valence-corrected chi connectivity index (χ0v) is 11.9. The highest BCUT2D eigenvalue weighted by Crippen LogP contribution is 2.24. The van der Waals surface area contributed by atoms with E-state index >= 15 is 0 Å². The lowest BCUT2D eigenvalue weighted by atomic mass is 9.92. The highest BCUT2D eigenvalue weighted by molar-refractivity contribution is 7.89. The number of hydrogen-bond donors (Lipinski definition) is 1. The Hall–Kier alpha value is -0.170. The molecule has 0 bridgehead atoms. The van der Waals surface area contributed by atoms with Gasteiger partial charge in [-0.2, -0.15) is 0 Å². The summed E-state index contributed by atoms with van der Waals surface area (Å²) >= 11 is 0. The van der Waals surface area contributed by atoms with Gasteiger partial charge in [-0.25, -0.2) is 12.7 Å². The lowest BCUT2D eigenvalue weighted by Gasteiger charge is -2.33. The molecule has 0 aliphatic carbocycles. The molecule has 2 atom stereocenters. The van der Waals surface area contributed by atoms with Gasteiger partial charge in [0.25, 0.3) is 0 Å². The molecule has 5 nitrogen and oxygen atoms in total. The molecule has 2 unspecified atom stereocenters. The normalized spacial score (nSPS) is 29.6. The lowest BCUT2D eigenvalue weighted by molar-refractivity contribution is 0.188. The number of nitrogens with two attached hydrogens (primary N) is 1. The first-order valence-electron chi connectivity index (χ1n) is 6.80. The highest BCUT2D eigenvalue weighted by Gasteiger charge is 2.32. The van der Waals surface area contributed by atoms with E-state index in [9.17, 15) is 8.42 Å². The Morgan fingerprint density at radius 3 is 2.50 bits per heavy atom. The number of ether oxygens (including phenoxy) is 1. The second-order valence-corrected chi connectivity index (χ2v) is 7.62. The highest BCUT2D eigenvalue weighted by atomic mass is 32.2. The minimum atomic E-state index is -3.10. The third-order valence-corrected chi connectivity index (χ3v) is 6.15. The van der Waals surface area contributed by atoms with Crippen LogP contribution in [0.4, 0.5) is 0 Å². The zero-order chi connectivity index (χ0) is 13.2. The summed E-state index contributed by atoms with van der Waals surface area (Å²) < 4.78 is 31.4. The molecule has 2 N–H and O–H groups in total. The maximum Gasteiger partial charge on any atom is 0.214 e. The summed E-state index contributed by atoms with van der Waals surface area (Å²) in [5.41, 5.74) is 5.87. The summed E-state index contributed by atoms with van der Waals surface area (Å²) in [6, 6.07) is 0.165. The number of rotatable bonds is 4. The van der Waals surface area contributed by atoms with Crippen molar-refractivity contribution in [2.24, 2.45) is 17.6 Å². The molecule has 2 fully saturated rings. The first-order chi connectivity index (χ1) is 8.49. The fourth-order valence-corrected chi connectivity index (χ4v) is 4.63. The van der Waals surface area contributed by atoms with Gasteiger partial charge in [0.05, 0.1) is 12.4 Å². The van der Waals surface area contributed by atoms with Crippen LogP contribution in [0.15, 0.2) is 0 Å². The van der Waals surface area contributed by atoms with Crippen LogP contribution in [0.1, 0.15) is 26.2 Å². The van der Waals surface area contributed by atoms with Crippen LogP contribution in [0.25, 0.3) is 0 Å². The molecule has 2 rings (SSSR count). The predicted octanol–water partition coefficient (Wildman–Crippen LogP) is 0.412. The summed E-state index contributed by atoms with van der Waals surface area (Å²) in [6.07, 6.45) is 2.64. The van der Waals surface area contributed by atoms with E-state index in [-0.39, 0.29) is 17.7 Å². The molecular weight excluding hydrogens is 252 g/mol. The summed E-state index contributed by atoms with van der Waals surface area (Å²) in [6.45, 7) is 4.55. The molecule has 0 radical (unpaired) electrons. The van der Waals surface area contributed by atoms with Gasteiger partial charge in [0.1, 0.15) is 0 Å². The van der Waals surface area contributed by atoms with Crippen LogP contribution in [0, 0.1) is 11.8 Å². The lowest BCUT2D eigenvalue weighted by Crippen LogP contribution is -2.44. The smallest absolute Gasteiger partial charge is 0.214 e. The van der Waals surface area contributed by atoms with Gasteiger partial charge < -0.3 is 10.5 Å². The first-order valence-corrected chi connectivity index (χ1v) is 8.41. The van der Waals surface area contributed by atoms with Crippen molar-refractivity contribution in [2.75, 3.05) is 32.1 Å². The second-order valence-electron chi connectivity index (χ2n) is 5.60. The zero-order valence-electron chi connectivity index (χ0n) is 11.0. The third kappa shape index (κ3) is 3.44. The van der Waals surface area contributed by atoms with Gasteiger partial charge >= 0.3 is 0 Å². The van der Waals surface area contributed by atoms with E-state index in [4.69, 9.17) is 10.5 Å². The first kappa shape index (κ1) is 14.2. The molecule has 2 heterocycles.